The van der Waals surface area contributed by atoms with E-state index in [9.17, 15) is 13.2 Å². The second kappa shape index (κ2) is 5.78. The van der Waals surface area contributed by atoms with Crippen LogP contribution in [-0.4, -0.2) is 19.5 Å². The van der Waals surface area contributed by atoms with Crippen LogP contribution in [0.4, 0.5) is 0 Å². The fraction of sp³-hybridized carbons (Fsp3) is 0.0769. The minimum Gasteiger partial charge on any atom is -0.475 e. The summed E-state index contributed by atoms with van der Waals surface area (Å²) in [6.45, 7) is -0.188. The molecule has 1 heterocycles. The Morgan fingerprint density at radius 2 is 2.10 bits per heavy atom. The molecule has 0 spiro atoms. The molecule has 0 amide bonds. The van der Waals surface area contributed by atoms with Crippen LogP contribution in [-0.2, 0) is 16.6 Å². The van der Waals surface area contributed by atoms with E-state index < -0.39 is 16.0 Å². The molecular weight excluding hydrogens is 296 g/mol. The first-order valence-electron chi connectivity index (χ1n) is 5.74. The Hall–Kier alpha value is -2.63. The summed E-state index contributed by atoms with van der Waals surface area (Å²) < 4.78 is 31.3. The largest absolute Gasteiger partial charge is 0.475 e. The molecule has 8 heteroatoms. The number of nitriles is 1. The zero-order valence-corrected chi connectivity index (χ0v) is 11.4. The zero-order valence-electron chi connectivity index (χ0n) is 10.6. The number of aromatic carboxylic acids is 1. The standard InChI is InChI=1S/C13H10N2O5S/c14-7-9-2-1-3-11(6-9)21(18,19)15-8-10-4-5-12(20-10)13(16)17/h1-6,15H,8H2,(H,16,17). The van der Waals surface area contributed by atoms with E-state index in [4.69, 9.17) is 14.8 Å². The Bertz CT molecular complexity index is 817. The van der Waals surface area contributed by atoms with Crippen molar-refractivity contribution < 1.29 is 22.7 Å². The monoisotopic (exact) mass is 306 g/mol. The van der Waals surface area contributed by atoms with Crippen LogP contribution in [0.15, 0.2) is 45.7 Å². The van der Waals surface area contributed by atoms with E-state index in [1.165, 1.54) is 36.4 Å². The van der Waals surface area contributed by atoms with E-state index in [0.29, 0.717) is 0 Å². The van der Waals surface area contributed by atoms with Gasteiger partial charge >= 0.3 is 5.97 Å². The third-order valence-corrected chi connectivity index (χ3v) is 3.98. The van der Waals surface area contributed by atoms with Crippen molar-refractivity contribution in [2.75, 3.05) is 0 Å². The Labute approximate surface area is 120 Å². The highest BCUT2D eigenvalue weighted by atomic mass is 32.2. The van der Waals surface area contributed by atoms with Crippen molar-refractivity contribution in [2.45, 2.75) is 11.4 Å². The summed E-state index contributed by atoms with van der Waals surface area (Å²) in [5.41, 5.74) is 0.226. The Morgan fingerprint density at radius 1 is 1.33 bits per heavy atom. The van der Waals surface area contributed by atoms with E-state index in [-0.39, 0.29) is 28.5 Å². The molecule has 0 aliphatic heterocycles. The summed E-state index contributed by atoms with van der Waals surface area (Å²) in [5.74, 6) is -1.33. The highest BCUT2D eigenvalue weighted by Crippen LogP contribution is 2.13. The van der Waals surface area contributed by atoms with Crippen molar-refractivity contribution in [1.82, 2.24) is 4.72 Å². The second-order valence-electron chi connectivity index (χ2n) is 4.04. The van der Waals surface area contributed by atoms with E-state index in [1.54, 1.807) is 0 Å². The van der Waals surface area contributed by atoms with Crippen LogP contribution in [0.2, 0.25) is 0 Å². The number of rotatable bonds is 5. The van der Waals surface area contributed by atoms with Gasteiger partial charge in [0.25, 0.3) is 0 Å². The number of carboxylic acids is 1. The number of carboxylic acid groups (broad SMARTS) is 1. The van der Waals surface area contributed by atoms with Gasteiger partial charge in [-0.25, -0.2) is 17.9 Å². The predicted octanol–water partition coefficient (Wildman–Crippen LogP) is 1.33. The number of benzene rings is 1. The van der Waals surface area contributed by atoms with Crippen molar-refractivity contribution >= 4 is 16.0 Å². The van der Waals surface area contributed by atoms with Gasteiger partial charge in [-0.15, -0.1) is 0 Å². The molecular formula is C13H10N2O5S. The third-order valence-electron chi connectivity index (χ3n) is 2.58. The summed E-state index contributed by atoms with van der Waals surface area (Å²) in [4.78, 5) is 10.6. The molecule has 108 valence electrons. The van der Waals surface area contributed by atoms with Crippen LogP contribution in [0.25, 0.3) is 0 Å². The van der Waals surface area contributed by atoms with Crippen LogP contribution in [0, 0.1) is 11.3 Å². The van der Waals surface area contributed by atoms with Crippen molar-refractivity contribution in [2.24, 2.45) is 0 Å². The SMILES string of the molecule is N#Cc1cccc(S(=O)(=O)NCc2ccc(C(=O)O)o2)c1. The lowest BCUT2D eigenvalue weighted by atomic mass is 10.2. The van der Waals surface area contributed by atoms with Crippen LogP contribution in [0.3, 0.4) is 0 Å². The quantitative estimate of drug-likeness (QED) is 0.859. The Morgan fingerprint density at radius 3 is 2.71 bits per heavy atom. The lowest BCUT2D eigenvalue weighted by Gasteiger charge is -2.05. The van der Waals surface area contributed by atoms with Crippen LogP contribution in [0.5, 0.6) is 0 Å². The molecule has 1 aromatic heterocycles. The fourth-order valence-electron chi connectivity index (χ4n) is 1.57. The van der Waals surface area contributed by atoms with Crippen molar-refractivity contribution in [3.63, 3.8) is 0 Å². The molecule has 2 rings (SSSR count). The van der Waals surface area contributed by atoms with Gasteiger partial charge in [-0.1, -0.05) is 6.07 Å². The Kier molecular flexibility index (Phi) is 4.07. The maximum absolute atomic E-state index is 12.0. The van der Waals surface area contributed by atoms with Gasteiger partial charge in [-0.3, -0.25) is 0 Å². The molecule has 0 bridgehead atoms. The maximum Gasteiger partial charge on any atom is 0.371 e. The number of nitrogens with zero attached hydrogens (tertiary/aromatic N) is 1. The first-order valence-corrected chi connectivity index (χ1v) is 7.22. The second-order valence-corrected chi connectivity index (χ2v) is 5.80. The smallest absolute Gasteiger partial charge is 0.371 e. The number of nitrogens with one attached hydrogen (secondary N) is 1. The van der Waals surface area contributed by atoms with Gasteiger partial charge in [0.15, 0.2) is 0 Å². The molecule has 7 nitrogen and oxygen atoms in total. The van der Waals surface area contributed by atoms with Crippen molar-refractivity contribution in [1.29, 1.82) is 5.26 Å². The zero-order chi connectivity index (χ0) is 15.5. The van der Waals surface area contributed by atoms with Gasteiger partial charge in [0.05, 0.1) is 23.1 Å². The molecule has 0 unspecified atom stereocenters. The van der Waals surface area contributed by atoms with E-state index in [0.717, 1.165) is 0 Å². The van der Waals surface area contributed by atoms with Gasteiger partial charge in [0.1, 0.15) is 5.76 Å². The van der Waals surface area contributed by atoms with Crippen LogP contribution in [0.1, 0.15) is 21.9 Å². The number of furan rings is 1. The number of hydrogen-bond donors (Lipinski definition) is 2. The third kappa shape index (κ3) is 3.47. The molecule has 0 saturated carbocycles. The van der Waals surface area contributed by atoms with Gasteiger partial charge in [-0.05, 0) is 30.3 Å². The van der Waals surface area contributed by atoms with Crippen molar-refractivity contribution in [3.8, 4) is 6.07 Å². The molecule has 0 atom stereocenters. The van der Waals surface area contributed by atoms with E-state index in [2.05, 4.69) is 4.72 Å². The van der Waals surface area contributed by atoms with Gasteiger partial charge in [0.2, 0.25) is 15.8 Å². The highest BCUT2D eigenvalue weighted by molar-refractivity contribution is 7.89. The molecule has 0 fully saturated rings. The van der Waals surface area contributed by atoms with Gasteiger partial charge in [0, 0.05) is 0 Å². The summed E-state index contributed by atoms with van der Waals surface area (Å²) in [6, 6.07) is 10.0. The van der Waals surface area contributed by atoms with E-state index >= 15 is 0 Å². The maximum atomic E-state index is 12.0. The molecule has 0 radical (unpaired) electrons. The minimum atomic E-state index is -3.81. The normalized spacial score (nSPS) is 11.0. The van der Waals surface area contributed by atoms with Crippen molar-refractivity contribution in [3.05, 3.63) is 53.5 Å². The predicted molar refractivity (Wildman–Crippen MR) is 70.8 cm³/mol. The molecule has 0 aliphatic rings. The number of sulfonamides is 1. The molecule has 21 heavy (non-hydrogen) atoms. The average Bonchev–Trinajstić information content (AvgIpc) is 2.94. The fourth-order valence-corrected chi connectivity index (χ4v) is 2.61. The highest BCUT2D eigenvalue weighted by Gasteiger charge is 2.16. The first-order chi connectivity index (χ1) is 9.92. The van der Waals surface area contributed by atoms with Crippen LogP contribution >= 0.6 is 0 Å². The summed E-state index contributed by atoms with van der Waals surface area (Å²) >= 11 is 0. The van der Waals surface area contributed by atoms with Gasteiger partial charge < -0.3 is 9.52 Å². The van der Waals surface area contributed by atoms with E-state index in [1.807, 2.05) is 6.07 Å². The minimum absolute atomic E-state index is 0.0495. The average molecular weight is 306 g/mol. The first kappa shape index (κ1) is 14.8. The Balaban J connectivity index is 2.13. The molecule has 1 aromatic carbocycles. The summed E-state index contributed by atoms with van der Waals surface area (Å²) in [6.07, 6.45) is 0. The summed E-state index contributed by atoms with van der Waals surface area (Å²) in [5, 5.41) is 17.5. The topological polar surface area (TPSA) is 120 Å². The molecule has 0 aliphatic carbocycles. The van der Waals surface area contributed by atoms with Crippen LogP contribution < -0.4 is 4.72 Å². The lowest BCUT2D eigenvalue weighted by Crippen LogP contribution is -2.23. The number of carbonyl (C=O) groups is 1. The number of hydrogen-bond acceptors (Lipinski definition) is 5. The molecule has 2 N–H and O–H groups in total. The lowest BCUT2D eigenvalue weighted by molar-refractivity contribution is 0.0660. The summed E-state index contributed by atoms with van der Waals surface area (Å²) in [7, 11) is -3.81. The molecule has 0 saturated heterocycles. The molecule has 2 aromatic rings. The van der Waals surface area contributed by atoms with Gasteiger partial charge in [-0.2, -0.15) is 5.26 Å².